The molecular formula is C21H27NO5. The van der Waals surface area contributed by atoms with E-state index in [0.717, 1.165) is 11.4 Å². The van der Waals surface area contributed by atoms with E-state index in [1.807, 2.05) is 19.9 Å². The molecule has 0 fully saturated rings. The van der Waals surface area contributed by atoms with Crippen LogP contribution in [0.3, 0.4) is 0 Å². The van der Waals surface area contributed by atoms with Crippen molar-refractivity contribution in [3.8, 4) is 5.75 Å². The highest BCUT2D eigenvalue weighted by Gasteiger charge is 2.19. The molecule has 6 nitrogen and oxygen atoms in total. The zero-order chi connectivity index (χ0) is 20.0. The lowest BCUT2D eigenvalue weighted by molar-refractivity contribution is 0.0526. The third-order valence-corrected chi connectivity index (χ3v) is 4.37. The van der Waals surface area contributed by atoms with Gasteiger partial charge in [0.1, 0.15) is 5.75 Å². The maximum atomic E-state index is 12.6. The van der Waals surface area contributed by atoms with Gasteiger partial charge in [0.2, 0.25) is 5.78 Å². The minimum atomic E-state index is -0.377. The molecule has 1 aromatic heterocycles. The Bertz CT molecular complexity index is 792. The summed E-state index contributed by atoms with van der Waals surface area (Å²) in [6.07, 6.45) is 0. The molecule has 0 spiro atoms. The highest BCUT2D eigenvalue weighted by atomic mass is 16.5. The Hall–Kier alpha value is -2.60. The third kappa shape index (κ3) is 4.98. The normalized spacial score (nSPS) is 11.9. The fraction of sp³-hybridized carbons (Fsp3) is 0.429. The van der Waals surface area contributed by atoms with Crippen LogP contribution in [-0.2, 0) is 9.47 Å². The average Bonchev–Trinajstić information content (AvgIpc) is 2.95. The summed E-state index contributed by atoms with van der Waals surface area (Å²) < 4.78 is 17.9. The van der Waals surface area contributed by atoms with Gasteiger partial charge in [-0.2, -0.15) is 0 Å². The van der Waals surface area contributed by atoms with E-state index in [9.17, 15) is 9.59 Å². The summed E-state index contributed by atoms with van der Waals surface area (Å²) in [7, 11) is 1.66. The molecule has 1 atom stereocenters. The molecule has 0 amide bonds. The van der Waals surface area contributed by atoms with Gasteiger partial charge in [0.25, 0.3) is 0 Å². The standard InChI is InChI=1S/C21H27NO5/c1-6-26-21(24)17-7-9-18(10-8-17)27-13-20(23)19-11-14(2)22(16(19)4)15(3)12-25-5/h7-11,15H,6,12-13H2,1-5H3. The van der Waals surface area contributed by atoms with Crippen LogP contribution in [0.2, 0.25) is 0 Å². The molecule has 6 heteroatoms. The molecule has 1 heterocycles. The Morgan fingerprint density at radius 2 is 1.81 bits per heavy atom. The van der Waals surface area contributed by atoms with Gasteiger partial charge in [-0.3, -0.25) is 4.79 Å². The second kappa shape index (κ2) is 9.37. The van der Waals surface area contributed by atoms with Gasteiger partial charge in [-0.15, -0.1) is 0 Å². The molecule has 2 aromatic rings. The first-order chi connectivity index (χ1) is 12.9. The van der Waals surface area contributed by atoms with Gasteiger partial charge < -0.3 is 18.8 Å². The monoisotopic (exact) mass is 373 g/mol. The first-order valence-corrected chi connectivity index (χ1v) is 8.99. The zero-order valence-electron chi connectivity index (χ0n) is 16.6. The summed E-state index contributed by atoms with van der Waals surface area (Å²) >= 11 is 0. The van der Waals surface area contributed by atoms with Crippen LogP contribution in [0, 0.1) is 13.8 Å². The lowest BCUT2D eigenvalue weighted by Gasteiger charge is -2.17. The maximum Gasteiger partial charge on any atom is 0.338 e. The first kappa shape index (κ1) is 20.7. The van der Waals surface area contributed by atoms with E-state index < -0.39 is 0 Å². The van der Waals surface area contributed by atoms with Crippen LogP contribution in [0.5, 0.6) is 5.75 Å². The molecule has 0 saturated carbocycles. The third-order valence-electron chi connectivity index (χ3n) is 4.37. The van der Waals surface area contributed by atoms with Crippen molar-refractivity contribution in [2.75, 3.05) is 26.9 Å². The summed E-state index contributed by atoms with van der Waals surface area (Å²) in [5.41, 5.74) is 3.02. The van der Waals surface area contributed by atoms with E-state index in [1.165, 1.54) is 0 Å². The van der Waals surface area contributed by atoms with E-state index in [1.54, 1.807) is 38.3 Å². The Labute approximate surface area is 160 Å². The van der Waals surface area contributed by atoms with Gasteiger partial charge in [-0.1, -0.05) is 0 Å². The fourth-order valence-electron chi connectivity index (χ4n) is 3.18. The van der Waals surface area contributed by atoms with E-state index in [2.05, 4.69) is 11.5 Å². The van der Waals surface area contributed by atoms with Crippen molar-refractivity contribution in [2.24, 2.45) is 0 Å². The molecule has 0 radical (unpaired) electrons. The number of hydrogen-bond donors (Lipinski definition) is 0. The molecule has 1 unspecified atom stereocenters. The Balaban J connectivity index is 2.04. The van der Waals surface area contributed by atoms with Gasteiger partial charge in [-0.05, 0) is 58.0 Å². The van der Waals surface area contributed by atoms with Gasteiger partial charge >= 0.3 is 5.97 Å². The van der Waals surface area contributed by atoms with E-state index in [-0.39, 0.29) is 24.4 Å². The average molecular weight is 373 g/mol. The molecular weight excluding hydrogens is 346 g/mol. The highest BCUT2D eigenvalue weighted by molar-refractivity contribution is 5.98. The van der Waals surface area contributed by atoms with Crippen molar-refractivity contribution in [1.82, 2.24) is 4.57 Å². The molecule has 0 saturated heterocycles. The second-order valence-corrected chi connectivity index (χ2v) is 6.42. The molecule has 27 heavy (non-hydrogen) atoms. The summed E-state index contributed by atoms with van der Waals surface area (Å²) in [5.74, 6) is 0.0594. The number of esters is 1. The number of carbonyl (C=O) groups is 2. The summed E-state index contributed by atoms with van der Waals surface area (Å²) in [6, 6.07) is 8.59. The highest BCUT2D eigenvalue weighted by Crippen LogP contribution is 2.22. The number of aromatic nitrogens is 1. The van der Waals surface area contributed by atoms with Crippen molar-refractivity contribution in [3.63, 3.8) is 0 Å². The molecule has 0 bridgehead atoms. The number of ether oxygens (including phenoxy) is 3. The molecule has 1 aromatic carbocycles. The number of nitrogens with zero attached hydrogens (tertiary/aromatic N) is 1. The summed E-state index contributed by atoms with van der Waals surface area (Å²) in [5, 5.41) is 0. The number of hydrogen-bond acceptors (Lipinski definition) is 5. The van der Waals surface area contributed by atoms with Crippen LogP contribution >= 0.6 is 0 Å². The smallest absolute Gasteiger partial charge is 0.338 e. The Morgan fingerprint density at radius 1 is 1.15 bits per heavy atom. The predicted octanol–water partition coefficient (Wildman–Crippen LogP) is 3.75. The minimum absolute atomic E-state index is 0.0678. The predicted molar refractivity (Wildman–Crippen MR) is 103 cm³/mol. The van der Waals surface area contributed by atoms with E-state index >= 15 is 0 Å². The van der Waals surface area contributed by atoms with Crippen molar-refractivity contribution < 1.29 is 23.8 Å². The number of carbonyl (C=O) groups excluding carboxylic acids is 2. The quantitative estimate of drug-likeness (QED) is 0.495. The topological polar surface area (TPSA) is 66.8 Å². The fourth-order valence-corrected chi connectivity index (χ4v) is 3.18. The van der Waals surface area contributed by atoms with Crippen LogP contribution < -0.4 is 4.74 Å². The first-order valence-electron chi connectivity index (χ1n) is 8.99. The molecule has 0 aliphatic rings. The number of benzene rings is 1. The molecule has 0 aliphatic carbocycles. The van der Waals surface area contributed by atoms with Gasteiger partial charge in [0.05, 0.1) is 24.8 Å². The largest absolute Gasteiger partial charge is 0.485 e. The van der Waals surface area contributed by atoms with E-state index in [0.29, 0.717) is 30.1 Å². The van der Waals surface area contributed by atoms with Crippen LogP contribution in [0.1, 0.15) is 52.0 Å². The van der Waals surface area contributed by atoms with Gasteiger partial charge in [0, 0.05) is 24.1 Å². The van der Waals surface area contributed by atoms with Crippen molar-refractivity contribution in [3.05, 3.63) is 52.8 Å². The van der Waals surface area contributed by atoms with Crippen LogP contribution in [0.4, 0.5) is 0 Å². The Kier molecular flexibility index (Phi) is 7.19. The van der Waals surface area contributed by atoms with Crippen LogP contribution in [0.15, 0.2) is 30.3 Å². The zero-order valence-corrected chi connectivity index (χ0v) is 16.6. The molecule has 146 valence electrons. The molecule has 0 N–H and O–H groups in total. The summed E-state index contributed by atoms with van der Waals surface area (Å²) in [6.45, 7) is 8.56. The number of Topliss-reactive ketones (excluding diaryl/α,β-unsaturated/α-hetero) is 1. The summed E-state index contributed by atoms with van der Waals surface area (Å²) in [4.78, 5) is 24.3. The lowest BCUT2D eigenvalue weighted by Crippen LogP contribution is -2.16. The number of aryl methyl sites for hydroxylation is 1. The lowest BCUT2D eigenvalue weighted by atomic mass is 10.1. The van der Waals surface area contributed by atoms with Crippen LogP contribution in [0.25, 0.3) is 0 Å². The SMILES string of the molecule is CCOC(=O)c1ccc(OCC(=O)c2cc(C)n(C(C)COC)c2C)cc1. The molecule has 2 rings (SSSR count). The van der Waals surface area contributed by atoms with Crippen LogP contribution in [-0.4, -0.2) is 43.3 Å². The minimum Gasteiger partial charge on any atom is -0.485 e. The van der Waals surface area contributed by atoms with Crippen molar-refractivity contribution >= 4 is 11.8 Å². The van der Waals surface area contributed by atoms with Crippen molar-refractivity contribution in [2.45, 2.75) is 33.7 Å². The Morgan fingerprint density at radius 3 is 2.41 bits per heavy atom. The van der Waals surface area contributed by atoms with Gasteiger partial charge in [0.15, 0.2) is 6.61 Å². The van der Waals surface area contributed by atoms with Crippen molar-refractivity contribution in [1.29, 1.82) is 0 Å². The molecule has 0 aliphatic heterocycles. The number of ketones is 1. The number of rotatable bonds is 9. The maximum absolute atomic E-state index is 12.6. The second-order valence-electron chi connectivity index (χ2n) is 6.42. The van der Waals surface area contributed by atoms with Gasteiger partial charge in [-0.25, -0.2) is 4.79 Å². The number of methoxy groups -OCH3 is 1. The van der Waals surface area contributed by atoms with E-state index in [4.69, 9.17) is 14.2 Å².